The molecule has 102 valence electrons. The molecule has 6 heteroatoms. The van der Waals surface area contributed by atoms with Gasteiger partial charge in [0.25, 0.3) is 0 Å². The van der Waals surface area contributed by atoms with Gasteiger partial charge in [-0.15, -0.1) is 0 Å². The van der Waals surface area contributed by atoms with E-state index in [0.717, 1.165) is 19.4 Å². The maximum Gasteiger partial charge on any atom is 0.242 e. The van der Waals surface area contributed by atoms with Crippen molar-refractivity contribution in [1.82, 2.24) is 4.72 Å². The monoisotopic (exact) mass is 271 g/mol. The summed E-state index contributed by atoms with van der Waals surface area (Å²) in [7, 11) is -3.42. The minimum Gasteiger partial charge on any atom is -0.384 e. The summed E-state index contributed by atoms with van der Waals surface area (Å²) in [4.78, 5) is 0.291. The highest BCUT2D eigenvalue weighted by atomic mass is 32.2. The molecule has 0 heterocycles. The van der Waals surface area contributed by atoms with E-state index in [-0.39, 0.29) is 0 Å². The Kier molecular flexibility index (Phi) is 6.11. The van der Waals surface area contributed by atoms with Crippen LogP contribution in [0.25, 0.3) is 0 Å². The fourth-order valence-corrected chi connectivity index (χ4v) is 2.83. The predicted octanol–water partition coefficient (Wildman–Crippen LogP) is 1.14. The molecule has 0 spiro atoms. The van der Waals surface area contributed by atoms with E-state index >= 15 is 0 Å². The Labute approximate surface area is 109 Å². The molecule has 0 saturated carbocycles. The largest absolute Gasteiger partial charge is 0.384 e. The summed E-state index contributed by atoms with van der Waals surface area (Å²) >= 11 is 0. The summed E-state index contributed by atoms with van der Waals surface area (Å²) in [5.74, 6) is 0. The lowest BCUT2D eigenvalue weighted by Crippen LogP contribution is -2.24. The summed E-state index contributed by atoms with van der Waals surface area (Å²) in [6.45, 7) is 3.51. The van der Waals surface area contributed by atoms with Crippen molar-refractivity contribution in [2.24, 2.45) is 5.73 Å². The zero-order valence-corrected chi connectivity index (χ0v) is 11.5. The Morgan fingerprint density at radius 3 is 2.61 bits per heavy atom. The standard InChI is InChI=1S/C12H21N3O2S/c1-2-15-18(16,17)12-8-4-3-7-11(12)14-10-6-5-9-13/h3-4,7-8,14-15H,2,5-6,9-10,13H2,1H3. The van der Waals surface area contributed by atoms with E-state index in [4.69, 9.17) is 5.73 Å². The normalized spacial score (nSPS) is 11.4. The molecule has 0 bridgehead atoms. The minimum atomic E-state index is -3.42. The summed E-state index contributed by atoms with van der Waals surface area (Å²) in [5.41, 5.74) is 6.05. The molecule has 0 unspecified atom stereocenters. The van der Waals surface area contributed by atoms with Gasteiger partial charge in [0.05, 0.1) is 5.69 Å². The third-order valence-electron chi connectivity index (χ3n) is 2.46. The number of anilines is 1. The highest BCUT2D eigenvalue weighted by Gasteiger charge is 2.16. The maximum absolute atomic E-state index is 12.0. The Morgan fingerprint density at radius 2 is 1.94 bits per heavy atom. The molecule has 18 heavy (non-hydrogen) atoms. The molecule has 0 fully saturated rings. The number of nitrogens with two attached hydrogens (primary N) is 1. The van der Waals surface area contributed by atoms with Gasteiger partial charge in [0.15, 0.2) is 0 Å². The van der Waals surface area contributed by atoms with E-state index in [2.05, 4.69) is 10.0 Å². The van der Waals surface area contributed by atoms with Crippen molar-refractivity contribution < 1.29 is 8.42 Å². The number of rotatable bonds is 8. The second kappa shape index (κ2) is 7.35. The smallest absolute Gasteiger partial charge is 0.242 e. The lowest BCUT2D eigenvalue weighted by molar-refractivity contribution is 0.584. The lowest BCUT2D eigenvalue weighted by atomic mass is 10.3. The van der Waals surface area contributed by atoms with Crippen molar-refractivity contribution >= 4 is 15.7 Å². The van der Waals surface area contributed by atoms with Gasteiger partial charge in [-0.1, -0.05) is 19.1 Å². The average Bonchev–Trinajstić information content (AvgIpc) is 2.35. The first-order valence-corrected chi connectivity index (χ1v) is 7.62. The molecule has 0 aromatic heterocycles. The first kappa shape index (κ1) is 14.9. The quantitative estimate of drug-likeness (QED) is 0.619. The van der Waals surface area contributed by atoms with Gasteiger partial charge in [0.1, 0.15) is 4.90 Å². The third kappa shape index (κ3) is 4.29. The third-order valence-corrected chi connectivity index (χ3v) is 4.06. The van der Waals surface area contributed by atoms with Crippen LogP contribution in [0.15, 0.2) is 29.2 Å². The van der Waals surface area contributed by atoms with Gasteiger partial charge in [-0.3, -0.25) is 0 Å². The predicted molar refractivity (Wildman–Crippen MR) is 74.1 cm³/mol. The number of sulfonamides is 1. The van der Waals surface area contributed by atoms with Crippen molar-refractivity contribution in [1.29, 1.82) is 0 Å². The summed E-state index contributed by atoms with van der Waals surface area (Å²) in [5, 5.41) is 3.14. The number of para-hydroxylation sites is 1. The van der Waals surface area contributed by atoms with Gasteiger partial charge in [-0.25, -0.2) is 13.1 Å². The van der Waals surface area contributed by atoms with Crippen LogP contribution in [-0.2, 0) is 10.0 Å². The maximum atomic E-state index is 12.0. The highest BCUT2D eigenvalue weighted by molar-refractivity contribution is 7.89. The number of hydrogen-bond donors (Lipinski definition) is 3. The molecule has 0 aliphatic heterocycles. The van der Waals surface area contributed by atoms with E-state index in [0.29, 0.717) is 23.7 Å². The van der Waals surface area contributed by atoms with Crippen molar-refractivity contribution in [3.05, 3.63) is 24.3 Å². The van der Waals surface area contributed by atoms with Gasteiger partial charge < -0.3 is 11.1 Å². The van der Waals surface area contributed by atoms with Crippen LogP contribution in [0.3, 0.4) is 0 Å². The average molecular weight is 271 g/mol. The molecule has 0 saturated heterocycles. The molecular formula is C12H21N3O2S. The fraction of sp³-hybridized carbons (Fsp3) is 0.500. The van der Waals surface area contributed by atoms with Gasteiger partial charge >= 0.3 is 0 Å². The van der Waals surface area contributed by atoms with E-state index in [9.17, 15) is 8.42 Å². The van der Waals surface area contributed by atoms with Crippen molar-refractivity contribution in [2.75, 3.05) is 25.0 Å². The van der Waals surface area contributed by atoms with E-state index in [1.165, 1.54) is 0 Å². The van der Waals surface area contributed by atoms with Crippen LogP contribution in [0.5, 0.6) is 0 Å². The summed E-state index contributed by atoms with van der Waals surface area (Å²) in [6, 6.07) is 6.90. The number of benzene rings is 1. The number of hydrogen-bond acceptors (Lipinski definition) is 4. The first-order valence-electron chi connectivity index (χ1n) is 6.14. The van der Waals surface area contributed by atoms with Crippen LogP contribution in [0.2, 0.25) is 0 Å². The zero-order valence-electron chi connectivity index (χ0n) is 10.6. The summed E-state index contributed by atoms with van der Waals surface area (Å²) < 4.78 is 26.4. The van der Waals surface area contributed by atoms with Crippen LogP contribution in [0.4, 0.5) is 5.69 Å². The molecular weight excluding hydrogens is 250 g/mol. The second-order valence-corrected chi connectivity index (χ2v) is 5.66. The zero-order chi connectivity index (χ0) is 13.4. The Bertz CT molecular complexity index is 460. The number of nitrogens with one attached hydrogen (secondary N) is 2. The minimum absolute atomic E-state index is 0.291. The fourth-order valence-electron chi connectivity index (χ4n) is 1.61. The van der Waals surface area contributed by atoms with Gasteiger partial charge in [0, 0.05) is 13.1 Å². The molecule has 0 aliphatic carbocycles. The Morgan fingerprint density at radius 1 is 1.22 bits per heavy atom. The molecule has 1 rings (SSSR count). The SMILES string of the molecule is CCNS(=O)(=O)c1ccccc1NCCCCN. The van der Waals surface area contributed by atoms with E-state index < -0.39 is 10.0 Å². The lowest BCUT2D eigenvalue weighted by Gasteiger charge is -2.12. The highest BCUT2D eigenvalue weighted by Crippen LogP contribution is 2.20. The van der Waals surface area contributed by atoms with Crippen LogP contribution in [0.1, 0.15) is 19.8 Å². The Hall–Kier alpha value is -1.11. The van der Waals surface area contributed by atoms with Gasteiger partial charge in [0.2, 0.25) is 10.0 Å². The second-order valence-electron chi connectivity index (χ2n) is 3.92. The van der Waals surface area contributed by atoms with Gasteiger partial charge in [-0.05, 0) is 31.5 Å². The van der Waals surface area contributed by atoms with Gasteiger partial charge in [-0.2, -0.15) is 0 Å². The Balaban J connectivity index is 2.80. The van der Waals surface area contributed by atoms with Crippen molar-refractivity contribution in [3.63, 3.8) is 0 Å². The topological polar surface area (TPSA) is 84.2 Å². The van der Waals surface area contributed by atoms with Crippen LogP contribution >= 0.6 is 0 Å². The van der Waals surface area contributed by atoms with Crippen LogP contribution < -0.4 is 15.8 Å². The first-order chi connectivity index (χ1) is 8.61. The molecule has 0 atom stereocenters. The van der Waals surface area contributed by atoms with Crippen molar-refractivity contribution in [3.8, 4) is 0 Å². The van der Waals surface area contributed by atoms with E-state index in [1.807, 2.05) is 6.07 Å². The molecule has 1 aromatic rings. The number of unbranched alkanes of at least 4 members (excludes halogenated alkanes) is 1. The van der Waals surface area contributed by atoms with Crippen molar-refractivity contribution in [2.45, 2.75) is 24.7 Å². The molecule has 0 amide bonds. The van der Waals surface area contributed by atoms with Crippen LogP contribution in [-0.4, -0.2) is 28.1 Å². The van der Waals surface area contributed by atoms with Crippen LogP contribution in [0, 0.1) is 0 Å². The molecule has 0 radical (unpaired) electrons. The molecule has 4 N–H and O–H groups in total. The summed E-state index contributed by atoms with van der Waals surface area (Å²) in [6.07, 6.45) is 1.85. The molecule has 1 aromatic carbocycles. The molecule has 5 nitrogen and oxygen atoms in total. The van der Waals surface area contributed by atoms with E-state index in [1.54, 1.807) is 25.1 Å². The molecule has 0 aliphatic rings.